The maximum absolute atomic E-state index is 12.1. The van der Waals surface area contributed by atoms with E-state index in [0.717, 1.165) is 11.3 Å². The Morgan fingerprint density at radius 3 is 2.79 bits per heavy atom. The topological polar surface area (TPSA) is 62.3 Å². The summed E-state index contributed by atoms with van der Waals surface area (Å²) in [6.07, 6.45) is 2.54. The molecule has 1 aromatic heterocycles. The summed E-state index contributed by atoms with van der Waals surface area (Å²) in [5.41, 5.74) is 1.19. The molecule has 2 amide bonds. The Morgan fingerprint density at radius 1 is 1.38 bits per heavy atom. The van der Waals surface area contributed by atoms with Crippen LogP contribution in [-0.4, -0.2) is 37.8 Å². The zero-order valence-corrected chi connectivity index (χ0v) is 15.3. The molecule has 0 aliphatic carbocycles. The number of rotatable bonds is 5. The van der Waals surface area contributed by atoms with Crippen molar-refractivity contribution in [2.24, 2.45) is 0 Å². The van der Waals surface area contributed by atoms with Gasteiger partial charge < -0.3 is 5.32 Å². The predicted octanol–water partition coefficient (Wildman–Crippen LogP) is 2.92. The highest BCUT2D eigenvalue weighted by Crippen LogP contribution is 2.27. The van der Waals surface area contributed by atoms with E-state index in [0.29, 0.717) is 9.45 Å². The minimum Gasteiger partial charge on any atom is -0.300 e. The van der Waals surface area contributed by atoms with Crippen LogP contribution in [0.25, 0.3) is 0 Å². The van der Waals surface area contributed by atoms with Crippen molar-refractivity contribution in [3.05, 3.63) is 47.0 Å². The van der Waals surface area contributed by atoms with E-state index in [2.05, 4.69) is 22.4 Å². The smallest absolute Gasteiger partial charge is 0.246 e. The standard InChI is InChI=1S/C16H15N3O2S3/c1-10-14(21)19(16(22)23-10)9-13(20)18-15-17-8-12(24-15)7-11-5-3-2-4-6-11/h2-6,8,10H,7,9H2,1H3,(H,17,18,20). The van der Waals surface area contributed by atoms with Crippen LogP contribution in [0.4, 0.5) is 5.13 Å². The maximum atomic E-state index is 12.1. The third-order valence-corrected chi connectivity index (χ3v) is 5.83. The molecule has 1 unspecified atom stereocenters. The Labute approximate surface area is 153 Å². The largest absolute Gasteiger partial charge is 0.300 e. The van der Waals surface area contributed by atoms with Crippen molar-refractivity contribution in [3.8, 4) is 0 Å². The van der Waals surface area contributed by atoms with E-state index in [1.807, 2.05) is 18.2 Å². The van der Waals surface area contributed by atoms with E-state index in [-0.39, 0.29) is 23.6 Å². The highest BCUT2D eigenvalue weighted by atomic mass is 32.2. The predicted molar refractivity (Wildman–Crippen MR) is 101 cm³/mol. The third kappa shape index (κ3) is 4.00. The number of benzene rings is 1. The molecular weight excluding hydrogens is 362 g/mol. The quantitative estimate of drug-likeness (QED) is 0.812. The Hall–Kier alpha value is -1.77. The molecule has 5 nitrogen and oxygen atoms in total. The molecule has 0 saturated carbocycles. The molecule has 2 aromatic rings. The van der Waals surface area contributed by atoms with Crippen LogP contribution < -0.4 is 5.32 Å². The Balaban J connectivity index is 1.57. The fraction of sp³-hybridized carbons (Fsp3) is 0.250. The summed E-state index contributed by atoms with van der Waals surface area (Å²) in [4.78, 5) is 30.7. The molecule has 8 heteroatoms. The molecule has 0 bridgehead atoms. The lowest BCUT2D eigenvalue weighted by Crippen LogP contribution is -2.37. The van der Waals surface area contributed by atoms with E-state index >= 15 is 0 Å². The molecule has 3 rings (SSSR count). The van der Waals surface area contributed by atoms with Gasteiger partial charge in [-0.1, -0.05) is 54.3 Å². The Bertz CT molecular complexity index is 776. The first-order chi connectivity index (χ1) is 11.5. The Kier molecular flexibility index (Phi) is 5.27. The van der Waals surface area contributed by atoms with Crippen LogP contribution in [0.3, 0.4) is 0 Å². The van der Waals surface area contributed by atoms with Crippen molar-refractivity contribution < 1.29 is 9.59 Å². The number of thioether (sulfide) groups is 1. The minimum absolute atomic E-state index is 0.0669. The van der Waals surface area contributed by atoms with Gasteiger partial charge in [-0.15, -0.1) is 11.3 Å². The van der Waals surface area contributed by atoms with Gasteiger partial charge in [0.1, 0.15) is 10.9 Å². The van der Waals surface area contributed by atoms with Crippen molar-refractivity contribution >= 4 is 56.6 Å². The molecule has 1 aliphatic rings. The van der Waals surface area contributed by atoms with Gasteiger partial charge in [0, 0.05) is 17.5 Å². The lowest BCUT2D eigenvalue weighted by atomic mass is 10.1. The van der Waals surface area contributed by atoms with Crippen LogP contribution in [0.1, 0.15) is 17.4 Å². The highest BCUT2D eigenvalue weighted by molar-refractivity contribution is 8.24. The van der Waals surface area contributed by atoms with Gasteiger partial charge in [-0.3, -0.25) is 14.5 Å². The van der Waals surface area contributed by atoms with Crippen LogP contribution in [0.15, 0.2) is 36.5 Å². The van der Waals surface area contributed by atoms with Crippen molar-refractivity contribution in [1.82, 2.24) is 9.88 Å². The molecule has 0 radical (unpaired) electrons. The molecule has 1 fully saturated rings. The van der Waals surface area contributed by atoms with Crippen LogP contribution in [0.5, 0.6) is 0 Å². The van der Waals surface area contributed by atoms with Crippen LogP contribution in [0, 0.1) is 0 Å². The summed E-state index contributed by atoms with van der Waals surface area (Å²) in [7, 11) is 0. The van der Waals surface area contributed by atoms with E-state index in [4.69, 9.17) is 12.2 Å². The highest BCUT2D eigenvalue weighted by Gasteiger charge is 2.34. The monoisotopic (exact) mass is 377 g/mol. The molecule has 1 aromatic carbocycles. The maximum Gasteiger partial charge on any atom is 0.246 e. The number of anilines is 1. The average molecular weight is 378 g/mol. The number of nitrogens with one attached hydrogen (secondary N) is 1. The van der Waals surface area contributed by atoms with Crippen molar-refractivity contribution in [2.45, 2.75) is 18.6 Å². The second-order valence-electron chi connectivity index (χ2n) is 5.29. The number of hydrogen-bond acceptors (Lipinski definition) is 6. The van der Waals surface area contributed by atoms with Gasteiger partial charge in [-0.05, 0) is 12.5 Å². The number of nitrogens with zero attached hydrogens (tertiary/aromatic N) is 2. The van der Waals surface area contributed by atoms with Gasteiger partial charge in [0.2, 0.25) is 11.8 Å². The van der Waals surface area contributed by atoms with E-state index < -0.39 is 0 Å². The molecular formula is C16H15N3O2S3. The fourth-order valence-corrected chi connectivity index (χ4v) is 4.53. The van der Waals surface area contributed by atoms with Crippen LogP contribution in [-0.2, 0) is 16.0 Å². The molecule has 1 N–H and O–H groups in total. The van der Waals surface area contributed by atoms with Gasteiger partial charge in [-0.2, -0.15) is 0 Å². The number of thiocarbonyl (C=S) groups is 1. The molecule has 0 spiro atoms. The summed E-state index contributed by atoms with van der Waals surface area (Å²) in [5, 5.41) is 3.05. The molecule has 24 heavy (non-hydrogen) atoms. The Morgan fingerprint density at radius 2 is 2.12 bits per heavy atom. The van der Waals surface area contributed by atoms with E-state index in [9.17, 15) is 9.59 Å². The third-order valence-electron chi connectivity index (χ3n) is 3.43. The van der Waals surface area contributed by atoms with Gasteiger partial charge >= 0.3 is 0 Å². The number of amides is 2. The first-order valence-electron chi connectivity index (χ1n) is 7.33. The van der Waals surface area contributed by atoms with Gasteiger partial charge in [0.15, 0.2) is 5.13 Å². The summed E-state index contributed by atoms with van der Waals surface area (Å²) < 4.78 is 0.451. The summed E-state index contributed by atoms with van der Waals surface area (Å²) in [5.74, 6) is -0.412. The summed E-state index contributed by atoms with van der Waals surface area (Å²) >= 11 is 7.87. The molecule has 1 atom stereocenters. The second-order valence-corrected chi connectivity index (χ2v) is 8.38. The lowest BCUT2D eigenvalue weighted by molar-refractivity contribution is -0.129. The van der Waals surface area contributed by atoms with Gasteiger partial charge in [0.05, 0.1) is 5.25 Å². The molecule has 2 heterocycles. The number of carbonyl (C=O) groups is 2. The lowest BCUT2D eigenvalue weighted by Gasteiger charge is -2.13. The van der Waals surface area contributed by atoms with Gasteiger partial charge in [-0.25, -0.2) is 4.98 Å². The average Bonchev–Trinajstić information content (AvgIpc) is 3.08. The molecule has 124 valence electrons. The van der Waals surface area contributed by atoms with Crippen molar-refractivity contribution in [3.63, 3.8) is 0 Å². The second kappa shape index (κ2) is 7.42. The first kappa shape index (κ1) is 17.1. The van der Waals surface area contributed by atoms with E-state index in [1.54, 1.807) is 13.1 Å². The number of aromatic nitrogens is 1. The van der Waals surface area contributed by atoms with Crippen molar-refractivity contribution in [2.75, 3.05) is 11.9 Å². The zero-order valence-electron chi connectivity index (χ0n) is 12.9. The minimum atomic E-state index is -0.291. The van der Waals surface area contributed by atoms with Crippen molar-refractivity contribution in [1.29, 1.82) is 0 Å². The normalized spacial score (nSPS) is 17.4. The van der Waals surface area contributed by atoms with Crippen LogP contribution in [0.2, 0.25) is 0 Å². The number of hydrogen-bond donors (Lipinski definition) is 1. The fourth-order valence-electron chi connectivity index (χ4n) is 2.26. The van der Waals surface area contributed by atoms with Gasteiger partial charge in [0.25, 0.3) is 0 Å². The van der Waals surface area contributed by atoms with Crippen LogP contribution >= 0.6 is 35.3 Å². The summed E-state index contributed by atoms with van der Waals surface area (Å²) in [6, 6.07) is 10.1. The number of thiazole rings is 1. The SMILES string of the molecule is CC1SC(=S)N(CC(=O)Nc2ncc(Cc3ccccc3)s2)C1=O. The number of carbonyl (C=O) groups excluding carboxylic acids is 2. The van der Waals surface area contributed by atoms with E-state index in [1.165, 1.54) is 33.6 Å². The first-order valence-corrected chi connectivity index (χ1v) is 9.44. The zero-order chi connectivity index (χ0) is 17.1. The molecule has 1 saturated heterocycles. The molecule has 1 aliphatic heterocycles. The summed E-state index contributed by atoms with van der Waals surface area (Å²) in [6.45, 7) is 1.72.